The van der Waals surface area contributed by atoms with Gasteiger partial charge in [0, 0.05) is 12.6 Å². The highest BCUT2D eigenvalue weighted by Crippen LogP contribution is 2.08. The molecular formula is C14H22N2. The second-order valence-electron chi connectivity index (χ2n) is 4.72. The van der Waals surface area contributed by atoms with Crippen molar-refractivity contribution < 1.29 is 0 Å². The lowest BCUT2D eigenvalue weighted by Gasteiger charge is -2.23. The number of aryl methyl sites for hydroxylation is 1. The zero-order valence-corrected chi connectivity index (χ0v) is 10.2. The first kappa shape index (κ1) is 11.6. The summed E-state index contributed by atoms with van der Waals surface area (Å²) in [5.41, 5.74) is 1.46. The first-order chi connectivity index (χ1) is 7.86. The van der Waals surface area contributed by atoms with Gasteiger partial charge in [0.2, 0.25) is 0 Å². The number of hydrogen-bond donors (Lipinski definition) is 1. The molecule has 1 fully saturated rings. The molecule has 1 aliphatic heterocycles. The molecule has 1 aromatic rings. The molecule has 1 unspecified atom stereocenters. The summed E-state index contributed by atoms with van der Waals surface area (Å²) in [6, 6.07) is 11.5. The van der Waals surface area contributed by atoms with Crippen molar-refractivity contribution in [3.8, 4) is 0 Å². The molecule has 16 heavy (non-hydrogen) atoms. The second kappa shape index (κ2) is 6.02. The number of benzene rings is 1. The average Bonchev–Trinajstić information content (AvgIpc) is 2.84. The Morgan fingerprint density at radius 2 is 2.12 bits per heavy atom. The number of hydrogen-bond acceptors (Lipinski definition) is 2. The molecule has 0 spiro atoms. The SMILES string of the molecule is CN(CCCc1ccccc1)C1CCNC1. The fraction of sp³-hybridized carbons (Fsp3) is 0.571. The van der Waals surface area contributed by atoms with E-state index in [0.717, 1.165) is 6.04 Å². The molecule has 0 amide bonds. The van der Waals surface area contributed by atoms with Crippen molar-refractivity contribution in [2.75, 3.05) is 26.7 Å². The van der Waals surface area contributed by atoms with E-state index in [0.29, 0.717) is 0 Å². The fourth-order valence-electron chi connectivity index (χ4n) is 2.38. The Balaban J connectivity index is 1.67. The van der Waals surface area contributed by atoms with Gasteiger partial charge in [0.15, 0.2) is 0 Å². The summed E-state index contributed by atoms with van der Waals surface area (Å²) in [6.07, 6.45) is 3.77. The van der Waals surface area contributed by atoms with E-state index in [1.54, 1.807) is 0 Å². The summed E-state index contributed by atoms with van der Waals surface area (Å²) in [5, 5.41) is 3.42. The minimum atomic E-state index is 0.760. The maximum Gasteiger partial charge on any atom is 0.0229 e. The van der Waals surface area contributed by atoms with Crippen molar-refractivity contribution in [3.63, 3.8) is 0 Å². The quantitative estimate of drug-likeness (QED) is 0.812. The molecule has 1 saturated heterocycles. The van der Waals surface area contributed by atoms with Gasteiger partial charge < -0.3 is 10.2 Å². The van der Waals surface area contributed by atoms with E-state index < -0.39 is 0 Å². The molecule has 0 bridgehead atoms. The highest BCUT2D eigenvalue weighted by molar-refractivity contribution is 5.14. The lowest BCUT2D eigenvalue weighted by Crippen LogP contribution is -2.34. The van der Waals surface area contributed by atoms with Gasteiger partial charge in [0.05, 0.1) is 0 Å². The summed E-state index contributed by atoms with van der Waals surface area (Å²) in [7, 11) is 2.25. The van der Waals surface area contributed by atoms with Crippen LogP contribution in [0.1, 0.15) is 18.4 Å². The number of rotatable bonds is 5. The van der Waals surface area contributed by atoms with E-state index in [1.165, 1.54) is 44.5 Å². The minimum absolute atomic E-state index is 0.760. The molecule has 1 aliphatic rings. The Hall–Kier alpha value is -0.860. The minimum Gasteiger partial charge on any atom is -0.315 e. The molecular weight excluding hydrogens is 196 g/mol. The summed E-state index contributed by atoms with van der Waals surface area (Å²) >= 11 is 0. The fourth-order valence-corrected chi connectivity index (χ4v) is 2.38. The lowest BCUT2D eigenvalue weighted by atomic mass is 10.1. The van der Waals surface area contributed by atoms with Crippen LogP contribution >= 0.6 is 0 Å². The van der Waals surface area contributed by atoms with Gasteiger partial charge in [-0.1, -0.05) is 30.3 Å². The molecule has 0 saturated carbocycles. The third-order valence-corrected chi connectivity index (χ3v) is 3.48. The molecule has 0 aromatic heterocycles. The predicted octanol–water partition coefficient (Wildman–Crippen LogP) is 1.91. The normalized spacial score (nSPS) is 20.5. The maximum atomic E-state index is 3.42. The summed E-state index contributed by atoms with van der Waals surface area (Å²) in [4.78, 5) is 2.50. The van der Waals surface area contributed by atoms with Crippen molar-refractivity contribution in [2.24, 2.45) is 0 Å². The van der Waals surface area contributed by atoms with Crippen LogP contribution in [-0.4, -0.2) is 37.6 Å². The maximum absolute atomic E-state index is 3.42. The standard InChI is InChI=1S/C14H22N2/c1-16(14-9-10-15-12-14)11-5-8-13-6-3-2-4-7-13/h2-4,6-7,14-15H,5,8-12H2,1H3. The smallest absolute Gasteiger partial charge is 0.0229 e. The Bertz CT molecular complexity index is 291. The topological polar surface area (TPSA) is 15.3 Å². The zero-order chi connectivity index (χ0) is 11.2. The molecule has 0 aliphatic carbocycles. The van der Waals surface area contributed by atoms with Crippen LogP contribution in [0.4, 0.5) is 0 Å². The summed E-state index contributed by atoms with van der Waals surface area (Å²) in [6.45, 7) is 3.57. The molecule has 2 rings (SSSR count). The monoisotopic (exact) mass is 218 g/mol. The van der Waals surface area contributed by atoms with Crippen LogP contribution in [0.5, 0.6) is 0 Å². The van der Waals surface area contributed by atoms with Crippen LogP contribution in [-0.2, 0) is 6.42 Å². The summed E-state index contributed by atoms with van der Waals surface area (Å²) in [5.74, 6) is 0. The summed E-state index contributed by atoms with van der Waals surface area (Å²) < 4.78 is 0. The highest BCUT2D eigenvalue weighted by Gasteiger charge is 2.18. The third-order valence-electron chi connectivity index (χ3n) is 3.48. The lowest BCUT2D eigenvalue weighted by molar-refractivity contribution is 0.254. The van der Waals surface area contributed by atoms with Crippen molar-refractivity contribution >= 4 is 0 Å². The Morgan fingerprint density at radius 1 is 1.31 bits per heavy atom. The molecule has 0 radical (unpaired) electrons. The van der Waals surface area contributed by atoms with Gasteiger partial charge in [-0.15, -0.1) is 0 Å². The van der Waals surface area contributed by atoms with Gasteiger partial charge >= 0.3 is 0 Å². The van der Waals surface area contributed by atoms with E-state index in [9.17, 15) is 0 Å². The van der Waals surface area contributed by atoms with Crippen molar-refractivity contribution in [3.05, 3.63) is 35.9 Å². The van der Waals surface area contributed by atoms with Crippen LogP contribution in [0.25, 0.3) is 0 Å². The number of nitrogens with zero attached hydrogens (tertiary/aromatic N) is 1. The van der Waals surface area contributed by atoms with Gasteiger partial charge in [-0.2, -0.15) is 0 Å². The second-order valence-corrected chi connectivity index (χ2v) is 4.72. The Kier molecular flexibility index (Phi) is 4.37. The molecule has 2 nitrogen and oxygen atoms in total. The van der Waals surface area contributed by atoms with E-state index in [1.807, 2.05) is 0 Å². The van der Waals surface area contributed by atoms with E-state index >= 15 is 0 Å². The first-order valence-electron chi connectivity index (χ1n) is 6.31. The first-order valence-corrected chi connectivity index (χ1v) is 6.31. The van der Waals surface area contributed by atoms with Gasteiger partial charge in [0.1, 0.15) is 0 Å². The van der Waals surface area contributed by atoms with Gasteiger partial charge in [-0.3, -0.25) is 0 Å². The predicted molar refractivity (Wildman–Crippen MR) is 68.7 cm³/mol. The van der Waals surface area contributed by atoms with Gasteiger partial charge in [-0.05, 0) is 45.0 Å². The van der Waals surface area contributed by atoms with E-state index in [-0.39, 0.29) is 0 Å². The molecule has 1 heterocycles. The van der Waals surface area contributed by atoms with Crippen LogP contribution in [0, 0.1) is 0 Å². The van der Waals surface area contributed by atoms with Crippen molar-refractivity contribution in [1.29, 1.82) is 0 Å². The third kappa shape index (κ3) is 3.32. The molecule has 1 atom stereocenters. The van der Waals surface area contributed by atoms with Crippen LogP contribution < -0.4 is 5.32 Å². The molecule has 1 aromatic carbocycles. The largest absolute Gasteiger partial charge is 0.315 e. The van der Waals surface area contributed by atoms with Crippen LogP contribution in [0.2, 0.25) is 0 Å². The number of likely N-dealkylation sites (N-methyl/N-ethyl adjacent to an activating group) is 1. The van der Waals surface area contributed by atoms with Crippen molar-refractivity contribution in [1.82, 2.24) is 10.2 Å². The molecule has 2 heteroatoms. The van der Waals surface area contributed by atoms with Gasteiger partial charge in [-0.25, -0.2) is 0 Å². The van der Waals surface area contributed by atoms with Crippen molar-refractivity contribution in [2.45, 2.75) is 25.3 Å². The Labute approximate surface area is 98.7 Å². The highest BCUT2D eigenvalue weighted by atomic mass is 15.2. The van der Waals surface area contributed by atoms with Crippen LogP contribution in [0.3, 0.4) is 0 Å². The molecule has 1 N–H and O–H groups in total. The van der Waals surface area contributed by atoms with E-state index in [4.69, 9.17) is 0 Å². The van der Waals surface area contributed by atoms with Gasteiger partial charge in [0.25, 0.3) is 0 Å². The van der Waals surface area contributed by atoms with Crippen LogP contribution in [0.15, 0.2) is 30.3 Å². The zero-order valence-electron chi connectivity index (χ0n) is 10.2. The Morgan fingerprint density at radius 3 is 2.81 bits per heavy atom. The molecule has 88 valence electrons. The average molecular weight is 218 g/mol. The number of nitrogens with one attached hydrogen (secondary N) is 1. The van der Waals surface area contributed by atoms with E-state index in [2.05, 4.69) is 47.6 Å².